The summed E-state index contributed by atoms with van der Waals surface area (Å²) in [5.74, 6) is 1.49. The van der Waals surface area contributed by atoms with E-state index in [1.807, 2.05) is 48.7 Å². The molecule has 0 radical (unpaired) electrons. The molecule has 0 fully saturated rings. The second-order valence-electron chi connectivity index (χ2n) is 16.1. The van der Waals surface area contributed by atoms with E-state index in [1.165, 1.54) is 16.7 Å². The molecule has 0 saturated carbocycles. The van der Waals surface area contributed by atoms with Crippen molar-refractivity contribution in [3.8, 4) is 16.9 Å². The molecule has 1 aliphatic heterocycles. The van der Waals surface area contributed by atoms with Crippen LogP contribution < -0.4 is 10.1 Å². The zero-order valence-corrected chi connectivity index (χ0v) is 36.7. The molecule has 304 valence electrons. The van der Waals surface area contributed by atoms with Crippen molar-refractivity contribution in [2.75, 3.05) is 17.1 Å². The van der Waals surface area contributed by atoms with E-state index in [0.29, 0.717) is 28.9 Å². The molecule has 1 aliphatic rings. The molecule has 0 amide bonds. The van der Waals surface area contributed by atoms with Crippen LogP contribution >= 0.6 is 0 Å². The summed E-state index contributed by atoms with van der Waals surface area (Å²) in [4.78, 5) is 9.76. The third kappa shape index (κ3) is 6.68. The Balaban J connectivity index is 0.00000518. The molecule has 10 rings (SSSR count). The van der Waals surface area contributed by atoms with Gasteiger partial charge in [-0.2, -0.15) is 35.3 Å². The van der Waals surface area contributed by atoms with Crippen LogP contribution in [0.3, 0.4) is 0 Å². The van der Waals surface area contributed by atoms with Crippen molar-refractivity contribution in [3.63, 3.8) is 0 Å². The summed E-state index contributed by atoms with van der Waals surface area (Å²) in [6.45, 7) is 6.57. The molecule has 2 aromatic heterocycles. The van der Waals surface area contributed by atoms with Crippen molar-refractivity contribution in [1.82, 2.24) is 9.55 Å². The number of hydrogen-bond acceptors (Lipinski definition) is 3. The van der Waals surface area contributed by atoms with Crippen molar-refractivity contribution in [1.29, 1.82) is 0 Å². The summed E-state index contributed by atoms with van der Waals surface area (Å²) in [7, 11) is 0. The third-order valence-corrected chi connectivity index (χ3v) is 12.0. The molecule has 0 unspecified atom stereocenters. The molecule has 0 aliphatic carbocycles. The Morgan fingerprint density at radius 2 is 1.23 bits per heavy atom. The predicted octanol–water partition coefficient (Wildman–Crippen LogP) is 13.5. The van der Waals surface area contributed by atoms with Crippen molar-refractivity contribution in [2.45, 2.75) is 44.9 Å². The fourth-order valence-corrected chi connectivity index (χ4v) is 9.23. The fourth-order valence-electron chi connectivity index (χ4n) is 9.23. The minimum absolute atomic E-state index is 0. The smallest absolute Gasteiger partial charge is 0.145 e. The summed E-state index contributed by atoms with van der Waals surface area (Å²) in [5, 5.41) is 4.97. The summed E-state index contributed by atoms with van der Waals surface area (Å²) in [5.41, 5.74) is 11.6. The Labute approximate surface area is 377 Å². The molecule has 1 N–H and O–H groups in total. The molecule has 7 aromatic carbocycles. The molecule has 5 nitrogen and oxygen atoms in total. The normalized spacial score (nSPS) is 13.6. The quantitative estimate of drug-likeness (QED) is 0.0822. The summed E-state index contributed by atoms with van der Waals surface area (Å²) in [6, 6.07) is 66.3. The van der Waals surface area contributed by atoms with Gasteiger partial charge < -0.3 is 4.57 Å². The first-order valence-electron chi connectivity index (χ1n) is 22.2. The second kappa shape index (κ2) is 16.3. The van der Waals surface area contributed by atoms with Gasteiger partial charge in [0.25, 0.3) is 0 Å². The van der Waals surface area contributed by atoms with Crippen molar-refractivity contribution < 1.29 is 30.1 Å². The number of hydrogen-bond donors (Lipinski definition) is 0. The van der Waals surface area contributed by atoms with E-state index in [1.54, 1.807) is 11.1 Å². The topological polar surface area (TPSA) is 37.1 Å². The number of aromatic nitrogens is 2. The van der Waals surface area contributed by atoms with E-state index >= 15 is 0 Å². The van der Waals surface area contributed by atoms with E-state index in [9.17, 15) is 0 Å². The third-order valence-electron chi connectivity index (χ3n) is 12.0. The standard InChI is InChI=1S/C55H46N4O.Pt/c1-37(2)45-25-17-26-46(38(3)4)54(45)39-32-33-56-53(34-39)58-49-27-13-12-24-47(49)48-31-30-43(36-52(48)58)55(40-18-8-6-9-19-40,41-20-10-7-11-21-41)42-22-16-23-44(35-42)59-51-29-15-14-28-50(51)57(5)60-59;/h6-34,37-38H,1-5H3;/q-2;/p+1/i5D3;. The van der Waals surface area contributed by atoms with Crippen molar-refractivity contribution >= 4 is 38.9 Å². The maximum Gasteiger partial charge on any atom is 0.145 e. The molecule has 9 aromatic rings. The first-order valence-corrected chi connectivity index (χ1v) is 20.7. The van der Waals surface area contributed by atoms with Crippen molar-refractivity contribution in [3.05, 3.63) is 222 Å². The van der Waals surface area contributed by atoms with Gasteiger partial charge in [0.1, 0.15) is 17.2 Å². The number of nitrogens with zero attached hydrogens (tertiary/aromatic N) is 4. The van der Waals surface area contributed by atoms with Gasteiger partial charge >= 0.3 is 0 Å². The average molecular weight is 978 g/mol. The summed E-state index contributed by atoms with van der Waals surface area (Å²) >= 11 is 0. The van der Waals surface area contributed by atoms with Crippen LogP contribution in [-0.4, -0.2) is 21.5 Å². The molecular formula is C55H47N4OPt-. The zero-order valence-electron chi connectivity index (χ0n) is 37.5. The van der Waals surface area contributed by atoms with E-state index < -0.39 is 12.4 Å². The number of para-hydroxylation sites is 3. The van der Waals surface area contributed by atoms with Gasteiger partial charge in [-0.1, -0.05) is 142 Å². The Bertz CT molecular complexity index is 3060. The maximum atomic E-state index is 8.30. The number of benzene rings is 7. The Morgan fingerprint density at radius 3 is 1.92 bits per heavy atom. The van der Waals surface area contributed by atoms with Gasteiger partial charge in [0.2, 0.25) is 0 Å². The number of hydroxylamine groups is 1. The first kappa shape index (κ1) is 36.6. The molecular weight excluding hydrogens is 928 g/mol. The van der Waals surface area contributed by atoms with Crippen LogP contribution in [0.25, 0.3) is 38.8 Å². The van der Waals surface area contributed by atoms with Gasteiger partial charge in [0.15, 0.2) is 0 Å². The van der Waals surface area contributed by atoms with Gasteiger partial charge in [0, 0.05) is 43.9 Å². The molecule has 0 spiro atoms. The number of anilines is 3. The van der Waals surface area contributed by atoms with Gasteiger partial charge in [-0.15, -0.1) is 38.8 Å². The minimum atomic E-state index is -2.48. The molecule has 3 heterocycles. The summed E-state index contributed by atoms with van der Waals surface area (Å²) in [6.07, 6.45) is 1.93. The van der Waals surface area contributed by atoms with Crippen LogP contribution in [0.15, 0.2) is 176 Å². The van der Waals surface area contributed by atoms with Gasteiger partial charge in [-0.3, -0.25) is 0 Å². The molecule has 6 heteroatoms. The zero-order chi connectivity index (χ0) is 43.5. The monoisotopic (exact) mass is 977 g/mol. The number of rotatable bonds is 9. The predicted molar refractivity (Wildman–Crippen MR) is 247 cm³/mol. The van der Waals surface area contributed by atoms with Crippen molar-refractivity contribution in [2.24, 2.45) is 0 Å². The van der Waals surface area contributed by atoms with Gasteiger partial charge in [0.05, 0.1) is 11.1 Å². The first-order chi connectivity index (χ1) is 30.6. The van der Waals surface area contributed by atoms with Gasteiger partial charge in [-0.25, -0.2) is 4.98 Å². The largest absolute Gasteiger partial charge is 0.319 e. The van der Waals surface area contributed by atoms with E-state index in [-0.39, 0.29) is 21.1 Å². The van der Waals surface area contributed by atoms with E-state index in [4.69, 9.17) is 9.10 Å². The number of pyridine rings is 1. The Kier molecular flexibility index (Phi) is 9.78. The minimum Gasteiger partial charge on any atom is -0.319 e. The Morgan fingerprint density at radius 1 is 0.607 bits per heavy atom. The maximum absolute atomic E-state index is 8.30. The van der Waals surface area contributed by atoms with Gasteiger partial charge in [-0.05, 0) is 80.9 Å². The second-order valence-corrected chi connectivity index (χ2v) is 16.1. The van der Waals surface area contributed by atoms with Crippen LogP contribution in [-0.2, 0) is 26.5 Å². The van der Waals surface area contributed by atoms with Crippen LogP contribution in [0.5, 0.6) is 0 Å². The van der Waals surface area contributed by atoms with Crippen LogP contribution in [0, 0.1) is 12.1 Å². The summed E-state index contributed by atoms with van der Waals surface area (Å²) < 4.78 is 27.2. The van der Waals surface area contributed by atoms with E-state index in [2.05, 4.69) is 171 Å². The van der Waals surface area contributed by atoms with Crippen LogP contribution in [0.1, 0.15) is 77.0 Å². The average Bonchev–Trinajstić information content (AvgIpc) is 3.87. The number of fused-ring (bicyclic) bond motifs is 4. The Hall–Kier alpha value is -6.26. The molecule has 61 heavy (non-hydrogen) atoms. The molecule has 0 saturated heterocycles. The molecule has 0 bridgehead atoms. The molecule has 0 atom stereocenters. The van der Waals surface area contributed by atoms with E-state index in [0.717, 1.165) is 60.5 Å². The fraction of sp³-hybridized carbons (Fsp3) is 0.145. The van der Waals surface area contributed by atoms with Crippen LogP contribution in [0.2, 0.25) is 0 Å². The SMILES string of the molecule is [2H]C([2H])([2H])N1[OH+]N(c2[c-]c(C(c3[c-]c4c(cc3)c3ccccc3n4-c3cc(-c4c(C(C)C)cccc4C(C)C)ccn3)(c3ccccc3)c3ccccc3)ccc2)c2ccccc21.[Pt]. The van der Waals surface area contributed by atoms with Crippen LogP contribution in [0.4, 0.5) is 17.1 Å².